The normalized spacial score (nSPS) is 11.4. The molecule has 0 fully saturated rings. The number of aromatic amines is 1. The molecule has 6 nitrogen and oxygen atoms in total. The summed E-state index contributed by atoms with van der Waals surface area (Å²) in [6.07, 6.45) is 1.44. The Morgan fingerprint density at radius 1 is 1.03 bits per heavy atom. The van der Waals surface area contributed by atoms with Crippen LogP contribution in [0.25, 0.3) is 33.2 Å². The van der Waals surface area contributed by atoms with Crippen molar-refractivity contribution >= 4 is 45.5 Å². The first-order valence-corrected chi connectivity index (χ1v) is 10.3. The minimum absolute atomic E-state index is 0.0904. The van der Waals surface area contributed by atoms with Crippen molar-refractivity contribution in [1.29, 1.82) is 0 Å². The highest BCUT2D eigenvalue weighted by atomic mass is 35.5. The largest absolute Gasteiger partial charge is 0.507 e. The van der Waals surface area contributed by atoms with E-state index < -0.39 is 0 Å². The minimum Gasteiger partial charge on any atom is -0.507 e. The van der Waals surface area contributed by atoms with Crippen LogP contribution in [-0.2, 0) is 0 Å². The number of carbonyl (C=O) groups is 1. The summed E-state index contributed by atoms with van der Waals surface area (Å²) in [4.78, 5) is 20.4. The molecule has 0 unspecified atom stereocenters. The molecule has 0 saturated carbocycles. The number of halogens is 1. The van der Waals surface area contributed by atoms with Gasteiger partial charge in [-0.3, -0.25) is 4.79 Å². The van der Waals surface area contributed by atoms with Crippen LogP contribution in [0.3, 0.4) is 0 Å². The van der Waals surface area contributed by atoms with Gasteiger partial charge >= 0.3 is 0 Å². The zero-order chi connectivity index (χ0) is 22.1. The molecule has 0 aliphatic carbocycles. The van der Waals surface area contributed by atoms with E-state index in [0.29, 0.717) is 27.5 Å². The van der Waals surface area contributed by atoms with Crippen molar-refractivity contribution in [3.05, 3.63) is 95.0 Å². The smallest absolute Gasteiger partial charge is 0.271 e. The summed E-state index contributed by atoms with van der Waals surface area (Å²) in [7, 11) is 0. The maximum absolute atomic E-state index is 12.6. The van der Waals surface area contributed by atoms with Gasteiger partial charge in [0, 0.05) is 16.7 Å². The summed E-state index contributed by atoms with van der Waals surface area (Å²) < 4.78 is 0. The van der Waals surface area contributed by atoms with E-state index in [1.807, 2.05) is 48.5 Å². The van der Waals surface area contributed by atoms with Gasteiger partial charge < -0.3 is 10.1 Å². The molecule has 0 atom stereocenters. The molecule has 156 valence electrons. The Labute approximate surface area is 188 Å². The summed E-state index contributed by atoms with van der Waals surface area (Å²) in [6.45, 7) is 0. The van der Waals surface area contributed by atoms with Gasteiger partial charge in [0.1, 0.15) is 11.6 Å². The number of benzene rings is 4. The number of nitrogens with zero attached hydrogens (tertiary/aromatic N) is 2. The Kier molecular flexibility index (Phi) is 5.05. The van der Waals surface area contributed by atoms with E-state index in [1.165, 1.54) is 6.21 Å². The van der Waals surface area contributed by atoms with Crippen molar-refractivity contribution in [2.45, 2.75) is 0 Å². The number of aromatic hydroxyl groups is 1. The van der Waals surface area contributed by atoms with Gasteiger partial charge in [0.25, 0.3) is 5.91 Å². The van der Waals surface area contributed by atoms with Crippen molar-refractivity contribution in [1.82, 2.24) is 15.4 Å². The van der Waals surface area contributed by atoms with E-state index in [2.05, 4.69) is 20.5 Å². The third-order valence-corrected chi connectivity index (χ3v) is 5.51. The summed E-state index contributed by atoms with van der Waals surface area (Å²) in [5.74, 6) is 0.345. The van der Waals surface area contributed by atoms with Gasteiger partial charge in [0.15, 0.2) is 0 Å². The number of phenolic OH excluding ortho intramolecular Hbond substituents is 1. The van der Waals surface area contributed by atoms with Crippen LogP contribution in [0.1, 0.15) is 15.9 Å². The number of aromatic nitrogens is 2. The lowest BCUT2D eigenvalue weighted by Gasteiger charge is -2.05. The van der Waals surface area contributed by atoms with Crippen molar-refractivity contribution < 1.29 is 9.90 Å². The number of amides is 1. The Bertz CT molecular complexity index is 1510. The molecule has 0 bridgehead atoms. The second-order valence-corrected chi connectivity index (χ2v) is 7.62. The molecule has 0 saturated heterocycles. The Morgan fingerprint density at radius 2 is 1.84 bits per heavy atom. The Hall–Kier alpha value is -4.16. The van der Waals surface area contributed by atoms with Crippen molar-refractivity contribution in [3.8, 4) is 17.1 Å². The maximum Gasteiger partial charge on any atom is 0.271 e. The summed E-state index contributed by atoms with van der Waals surface area (Å²) in [6, 6.07) is 23.7. The fourth-order valence-electron chi connectivity index (χ4n) is 3.57. The molecule has 1 aromatic heterocycles. The standard InChI is InChI=1S/C25H17ClN4O2/c26-20-8-4-3-7-18(20)24-28-21-11-9-16(13-22(21)29-24)25(32)30-27-14-19-17-6-2-1-5-15(17)10-12-23(19)31/h1-14,31H,(H,28,29)(H,30,32)/b27-14+. The van der Waals surface area contributed by atoms with E-state index >= 15 is 0 Å². The van der Waals surface area contributed by atoms with Gasteiger partial charge in [-0.15, -0.1) is 0 Å². The van der Waals surface area contributed by atoms with E-state index in [9.17, 15) is 9.90 Å². The van der Waals surface area contributed by atoms with Gasteiger partial charge in [0.05, 0.1) is 22.3 Å². The van der Waals surface area contributed by atoms with Crippen molar-refractivity contribution in [2.24, 2.45) is 5.10 Å². The summed E-state index contributed by atoms with van der Waals surface area (Å²) in [5.41, 5.74) is 5.70. The molecular formula is C25H17ClN4O2. The highest BCUT2D eigenvalue weighted by Gasteiger charge is 2.11. The Morgan fingerprint density at radius 3 is 2.72 bits per heavy atom. The molecule has 1 amide bonds. The van der Waals surface area contributed by atoms with Crippen molar-refractivity contribution in [3.63, 3.8) is 0 Å². The van der Waals surface area contributed by atoms with E-state index in [0.717, 1.165) is 21.9 Å². The van der Waals surface area contributed by atoms with Crippen LogP contribution in [0.2, 0.25) is 5.02 Å². The number of rotatable bonds is 4. The monoisotopic (exact) mass is 440 g/mol. The number of hydrogen-bond acceptors (Lipinski definition) is 4. The molecule has 0 aliphatic heterocycles. The van der Waals surface area contributed by atoms with Gasteiger partial charge in [-0.2, -0.15) is 5.10 Å². The van der Waals surface area contributed by atoms with Crippen LogP contribution in [0, 0.1) is 0 Å². The van der Waals surface area contributed by atoms with E-state index in [1.54, 1.807) is 30.3 Å². The van der Waals surface area contributed by atoms with Crippen LogP contribution < -0.4 is 5.43 Å². The minimum atomic E-state index is -0.378. The van der Waals surface area contributed by atoms with Crippen LogP contribution in [0.4, 0.5) is 0 Å². The van der Waals surface area contributed by atoms with Gasteiger partial charge in [-0.05, 0) is 47.2 Å². The van der Waals surface area contributed by atoms with Crippen LogP contribution in [-0.4, -0.2) is 27.2 Å². The molecule has 5 rings (SSSR count). The quantitative estimate of drug-likeness (QED) is 0.254. The first kappa shape index (κ1) is 19.8. The van der Waals surface area contributed by atoms with Gasteiger partial charge in [0.2, 0.25) is 0 Å². The van der Waals surface area contributed by atoms with Crippen molar-refractivity contribution in [2.75, 3.05) is 0 Å². The highest BCUT2D eigenvalue weighted by Crippen LogP contribution is 2.28. The lowest BCUT2D eigenvalue weighted by molar-refractivity contribution is 0.0955. The lowest BCUT2D eigenvalue weighted by atomic mass is 10.0. The predicted octanol–water partition coefficient (Wildman–Crippen LogP) is 5.51. The number of hydrogen-bond donors (Lipinski definition) is 3. The van der Waals surface area contributed by atoms with E-state index in [-0.39, 0.29) is 11.7 Å². The second-order valence-electron chi connectivity index (χ2n) is 7.22. The SMILES string of the molecule is O=C(N/N=C/c1c(O)ccc2ccccc12)c1ccc2nc(-c3ccccc3Cl)[nH]c2c1. The van der Waals surface area contributed by atoms with Gasteiger partial charge in [-0.25, -0.2) is 10.4 Å². The summed E-state index contributed by atoms with van der Waals surface area (Å²) in [5, 5.41) is 16.7. The molecule has 3 N–H and O–H groups in total. The number of nitrogens with one attached hydrogen (secondary N) is 2. The van der Waals surface area contributed by atoms with Crippen LogP contribution >= 0.6 is 11.6 Å². The number of phenols is 1. The number of imidazole rings is 1. The predicted molar refractivity (Wildman–Crippen MR) is 127 cm³/mol. The third kappa shape index (κ3) is 3.68. The second kappa shape index (κ2) is 8.17. The third-order valence-electron chi connectivity index (χ3n) is 5.18. The first-order chi connectivity index (χ1) is 15.6. The molecule has 0 radical (unpaired) electrons. The first-order valence-electron chi connectivity index (χ1n) is 9.89. The van der Waals surface area contributed by atoms with Crippen LogP contribution in [0.5, 0.6) is 5.75 Å². The molecule has 1 heterocycles. The van der Waals surface area contributed by atoms with Gasteiger partial charge in [-0.1, -0.05) is 54.1 Å². The molecular weight excluding hydrogens is 424 g/mol. The molecule has 7 heteroatoms. The average molecular weight is 441 g/mol. The maximum atomic E-state index is 12.6. The molecule has 5 aromatic rings. The van der Waals surface area contributed by atoms with Crippen LogP contribution in [0.15, 0.2) is 84.0 Å². The number of fused-ring (bicyclic) bond motifs is 2. The molecule has 32 heavy (non-hydrogen) atoms. The number of H-pyrrole nitrogens is 1. The molecule has 0 spiro atoms. The molecule has 0 aliphatic rings. The fraction of sp³-hybridized carbons (Fsp3) is 0. The topological polar surface area (TPSA) is 90.4 Å². The zero-order valence-corrected chi connectivity index (χ0v) is 17.5. The number of hydrazone groups is 1. The van der Waals surface area contributed by atoms with E-state index in [4.69, 9.17) is 11.6 Å². The molecule has 4 aromatic carbocycles. The zero-order valence-electron chi connectivity index (χ0n) is 16.7. The average Bonchev–Trinajstić information content (AvgIpc) is 3.24. The lowest BCUT2D eigenvalue weighted by Crippen LogP contribution is -2.17. The Balaban J connectivity index is 1.39. The fourth-order valence-corrected chi connectivity index (χ4v) is 3.80. The summed E-state index contributed by atoms with van der Waals surface area (Å²) >= 11 is 6.27. The number of carbonyl (C=O) groups excluding carboxylic acids is 1. The highest BCUT2D eigenvalue weighted by molar-refractivity contribution is 6.33.